The number of aliphatic hydroxyl groups is 1. The Morgan fingerprint density at radius 3 is 2.22 bits per heavy atom. The van der Waals surface area contributed by atoms with Gasteiger partial charge in [-0.15, -0.1) is 0 Å². The zero-order valence-corrected chi connectivity index (χ0v) is 25.2. The van der Waals surface area contributed by atoms with Crippen molar-refractivity contribution in [1.29, 1.82) is 10.8 Å². The molecule has 0 saturated carbocycles. The summed E-state index contributed by atoms with van der Waals surface area (Å²) in [5.74, 6) is 1.63. The van der Waals surface area contributed by atoms with Crippen molar-refractivity contribution in [2.45, 2.75) is 25.7 Å². The second kappa shape index (κ2) is 15.9. The van der Waals surface area contributed by atoms with E-state index in [1.54, 1.807) is 45.6 Å². The molecule has 0 amide bonds. The maximum Gasteiger partial charge on any atom is 0.210 e. The minimum atomic E-state index is -0.456. The molecule has 1 heterocycles. The summed E-state index contributed by atoms with van der Waals surface area (Å²) in [7, 11) is 4.93. The van der Waals surface area contributed by atoms with E-state index in [-0.39, 0.29) is 22.2 Å². The molecule has 1 aliphatic rings. The number of anilines is 1. The number of fused-ring (bicyclic) bond motifs is 1. The van der Waals surface area contributed by atoms with Gasteiger partial charge in [0, 0.05) is 65.1 Å². The molecule has 1 unspecified atom stereocenters. The number of benzene rings is 3. The van der Waals surface area contributed by atoms with Gasteiger partial charge in [0.15, 0.2) is 11.5 Å². The Balaban J connectivity index is 0.000000334. The van der Waals surface area contributed by atoms with E-state index in [9.17, 15) is 0 Å². The molecular formula is C32H39CoN3O5. The van der Waals surface area contributed by atoms with Crippen LogP contribution in [0.2, 0.25) is 0 Å². The molecule has 0 aliphatic carbocycles. The molecule has 3 aromatic rings. The van der Waals surface area contributed by atoms with Crippen LogP contribution in [-0.4, -0.2) is 58.3 Å². The average Bonchev–Trinajstić information content (AvgIpc) is 3.19. The first-order chi connectivity index (χ1) is 19.3. The standard InChI is InChI=1S/C22H26N2O2.C10H13NO3.Co/c1-5-24-18-14-20(26-4)19(25-3)13-17(18)22(2,21(24)11-12-23)15-16-9-7-6-8-10-16;1-13-5-6-14-9-4-2-3-8(7-9)10(11)12;/h6-14,23H,5,15H2,1-4H3;2-4,7H,5-6H2,1H3,(H2,11,12);/b21-11-,23-12?;;. The van der Waals surface area contributed by atoms with Crippen LogP contribution in [0.1, 0.15) is 30.5 Å². The summed E-state index contributed by atoms with van der Waals surface area (Å²) in [5.41, 5.74) is 4.92. The van der Waals surface area contributed by atoms with Gasteiger partial charge in [0.2, 0.25) is 5.90 Å². The molecule has 0 aromatic heterocycles. The van der Waals surface area contributed by atoms with Gasteiger partial charge in [-0.3, -0.25) is 5.41 Å². The van der Waals surface area contributed by atoms with Crippen molar-refractivity contribution in [2.24, 2.45) is 0 Å². The normalized spacial score (nSPS) is 16.1. The summed E-state index contributed by atoms with van der Waals surface area (Å²) in [5, 5.41) is 23.6. The zero-order chi connectivity index (χ0) is 29.1. The predicted molar refractivity (Wildman–Crippen MR) is 160 cm³/mol. The molecule has 1 atom stereocenters. The van der Waals surface area contributed by atoms with E-state index in [0.717, 1.165) is 35.8 Å². The number of nitrogens with zero attached hydrogens (tertiary/aromatic N) is 1. The van der Waals surface area contributed by atoms with Gasteiger partial charge in [-0.1, -0.05) is 36.4 Å². The van der Waals surface area contributed by atoms with Crippen LogP contribution < -0.4 is 19.1 Å². The topological polar surface area (TPSA) is 108 Å². The molecule has 221 valence electrons. The van der Waals surface area contributed by atoms with Crippen LogP contribution >= 0.6 is 0 Å². The Morgan fingerprint density at radius 2 is 1.63 bits per heavy atom. The van der Waals surface area contributed by atoms with Crippen molar-refractivity contribution < 1.29 is 40.8 Å². The van der Waals surface area contributed by atoms with Crippen LogP contribution in [0.3, 0.4) is 0 Å². The molecule has 1 aliphatic heterocycles. The van der Waals surface area contributed by atoms with Crippen molar-refractivity contribution in [2.75, 3.05) is 46.0 Å². The number of methoxy groups -OCH3 is 3. The van der Waals surface area contributed by atoms with E-state index >= 15 is 0 Å². The zero-order valence-electron chi connectivity index (χ0n) is 24.2. The number of hydrogen-bond acceptors (Lipinski definition) is 7. The van der Waals surface area contributed by atoms with Gasteiger partial charge in [-0.2, -0.15) is 0 Å². The Hall–Kier alpha value is -3.79. The summed E-state index contributed by atoms with van der Waals surface area (Å²) in [4.78, 5) is 2.27. The van der Waals surface area contributed by atoms with Crippen LogP contribution in [0.5, 0.6) is 17.2 Å². The van der Waals surface area contributed by atoms with Gasteiger partial charge in [0.1, 0.15) is 12.4 Å². The Kier molecular flexibility index (Phi) is 12.9. The third-order valence-electron chi connectivity index (χ3n) is 6.86. The summed E-state index contributed by atoms with van der Waals surface area (Å²) in [6.45, 7) is 6.17. The number of aliphatic hydroxyl groups excluding tert-OH is 1. The van der Waals surface area contributed by atoms with Crippen LogP contribution in [0, 0.1) is 10.8 Å². The maximum atomic E-state index is 8.92. The second-order valence-electron chi connectivity index (χ2n) is 9.40. The molecule has 3 aromatic carbocycles. The van der Waals surface area contributed by atoms with Crippen LogP contribution in [-0.2, 0) is 33.4 Å². The van der Waals surface area contributed by atoms with Crippen molar-refractivity contribution >= 4 is 17.8 Å². The molecule has 0 fully saturated rings. The van der Waals surface area contributed by atoms with Crippen molar-refractivity contribution in [1.82, 2.24) is 0 Å². The second-order valence-corrected chi connectivity index (χ2v) is 9.40. The molecular weight excluding hydrogens is 565 g/mol. The number of ether oxygens (including phenoxy) is 4. The number of likely N-dealkylation sites (N-methyl/N-ethyl adjacent to an activating group) is 1. The largest absolute Gasteiger partial charge is 0.493 e. The van der Waals surface area contributed by atoms with E-state index in [2.05, 4.69) is 49.1 Å². The molecule has 9 heteroatoms. The van der Waals surface area contributed by atoms with Gasteiger partial charge >= 0.3 is 0 Å². The molecule has 0 spiro atoms. The smallest absolute Gasteiger partial charge is 0.210 e. The monoisotopic (exact) mass is 604 g/mol. The van der Waals surface area contributed by atoms with Crippen molar-refractivity contribution in [3.8, 4) is 17.2 Å². The summed E-state index contributed by atoms with van der Waals surface area (Å²) in [6, 6.07) is 21.4. The van der Waals surface area contributed by atoms with E-state index in [4.69, 9.17) is 34.9 Å². The first-order valence-corrected chi connectivity index (χ1v) is 13.1. The van der Waals surface area contributed by atoms with E-state index in [0.29, 0.717) is 24.5 Å². The summed E-state index contributed by atoms with van der Waals surface area (Å²) < 4.78 is 21.2. The minimum absolute atomic E-state index is 0. The van der Waals surface area contributed by atoms with E-state index < -0.39 is 5.90 Å². The van der Waals surface area contributed by atoms with Gasteiger partial charge in [-0.25, -0.2) is 0 Å². The number of nitrogens with one attached hydrogen (secondary N) is 2. The number of allylic oxidation sites excluding steroid dienone is 2. The molecule has 8 nitrogen and oxygen atoms in total. The van der Waals surface area contributed by atoms with Crippen LogP contribution in [0.25, 0.3) is 0 Å². The molecule has 3 N–H and O–H groups in total. The van der Waals surface area contributed by atoms with Gasteiger partial charge in [0.05, 0.1) is 20.8 Å². The quantitative estimate of drug-likeness (QED) is 0.137. The van der Waals surface area contributed by atoms with Crippen molar-refractivity contribution in [3.05, 3.63) is 95.2 Å². The number of hydrogen-bond donors (Lipinski definition) is 3. The average molecular weight is 605 g/mol. The Labute approximate surface area is 253 Å². The van der Waals surface area contributed by atoms with Crippen molar-refractivity contribution in [3.63, 3.8) is 0 Å². The van der Waals surface area contributed by atoms with Crippen LogP contribution in [0.4, 0.5) is 5.69 Å². The maximum absolute atomic E-state index is 8.92. The first-order valence-electron chi connectivity index (χ1n) is 13.1. The summed E-state index contributed by atoms with van der Waals surface area (Å²) >= 11 is 0. The number of rotatable bonds is 11. The summed E-state index contributed by atoms with van der Waals surface area (Å²) in [6.07, 6.45) is 4.14. The molecule has 1 radical (unpaired) electrons. The minimum Gasteiger partial charge on any atom is -0.493 e. The van der Waals surface area contributed by atoms with Gasteiger partial charge < -0.3 is 34.4 Å². The Bertz CT molecular complexity index is 1330. The third-order valence-corrected chi connectivity index (χ3v) is 6.86. The fourth-order valence-corrected chi connectivity index (χ4v) is 4.96. The van der Waals surface area contributed by atoms with Gasteiger partial charge in [0.25, 0.3) is 0 Å². The molecule has 41 heavy (non-hydrogen) atoms. The van der Waals surface area contributed by atoms with Crippen LogP contribution in [0.15, 0.2) is 78.5 Å². The first kappa shape index (κ1) is 33.4. The SMILES string of the molecule is CCN1/C(=C\C=N)C(C)(Cc2ccccc2)c2cc(OC)c(OC)cc21.COCCOc1cccc(C(=N)O)c1.[Co]. The van der Waals surface area contributed by atoms with E-state index in [1.165, 1.54) is 17.3 Å². The van der Waals surface area contributed by atoms with Gasteiger partial charge in [-0.05, 0) is 61.7 Å². The Morgan fingerprint density at radius 1 is 0.951 bits per heavy atom. The fraction of sp³-hybridized carbons (Fsp3) is 0.312. The van der Waals surface area contributed by atoms with E-state index in [1.807, 2.05) is 18.2 Å². The molecule has 0 saturated heterocycles. The molecule has 4 rings (SSSR count). The third kappa shape index (κ3) is 7.91. The molecule has 0 bridgehead atoms. The predicted octanol–water partition coefficient (Wildman–Crippen LogP) is 6.17. The fourth-order valence-electron chi connectivity index (χ4n) is 4.96.